The number of pyridine rings is 1. The molecule has 0 radical (unpaired) electrons. The first-order valence-corrected chi connectivity index (χ1v) is 6.16. The Labute approximate surface area is 106 Å². The third-order valence-corrected chi connectivity index (χ3v) is 2.46. The monoisotopic (exact) mass is 286 g/mol. The van der Waals surface area contributed by atoms with Crippen molar-refractivity contribution in [3.63, 3.8) is 0 Å². The van der Waals surface area contributed by atoms with Gasteiger partial charge in [0.1, 0.15) is 0 Å². The van der Waals surface area contributed by atoms with Gasteiger partial charge in [0, 0.05) is 28.8 Å². The van der Waals surface area contributed by atoms with Crippen LogP contribution in [0.5, 0.6) is 0 Å². The number of aromatic nitrogens is 1. The van der Waals surface area contributed by atoms with Gasteiger partial charge in [0.15, 0.2) is 0 Å². The lowest BCUT2D eigenvalue weighted by Crippen LogP contribution is -2.33. The number of rotatable bonds is 4. The van der Waals surface area contributed by atoms with Crippen molar-refractivity contribution in [3.8, 4) is 0 Å². The van der Waals surface area contributed by atoms with Crippen LogP contribution in [0.25, 0.3) is 0 Å². The molecule has 1 atom stereocenters. The molecular formula is C12H19BrN2O. The molecule has 0 aliphatic rings. The van der Waals surface area contributed by atoms with E-state index in [4.69, 9.17) is 10.5 Å². The van der Waals surface area contributed by atoms with Gasteiger partial charge < -0.3 is 10.5 Å². The first kappa shape index (κ1) is 13.6. The molecule has 1 aromatic heterocycles. The van der Waals surface area contributed by atoms with E-state index < -0.39 is 0 Å². The van der Waals surface area contributed by atoms with Crippen LogP contribution < -0.4 is 5.73 Å². The smallest absolute Gasteiger partial charge is 0.0628 e. The van der Waals surface area contributed by atoms with E-state index in [2.05, 4.69) is 20.9 Å². The molecule has 90 valence electrons. The molecule has 0 saturated heterocycles. The van der Waals surface area contributed by atoms with Crippen LogP contribution in [0.3, 0.4) is 0 Å². The third-order valence-electron chi connectivity index (χ3n) is 1.99. The predicted octanol–water partition coefficient (Wildman–Crippen LogP) is 2.53. The van der Waals surface area contributed by atoms with Gasteiger partial charge in [-0.2, -0.15) is 0 Å². The zero-order chi connectivity index (χ0) is 12.2. The van der Waals surface area contributed by atoms with Gasteiger partial charge in [-0.1, -0.05) is 0 Å². The minimum atomic E-state index is -0.134. The molecule has 0 fully saturated rings. The van der Waals surface area contributed by atoms with Crippen molar-refractivity contribution in [2.45, 2.75) is 38.8 Å². The van der Waals surface area contributed by atoms with Crippen molar-refractivity contribution in [3.05, 3.63) is 28.5 Å². The maximum atomic E-state index is 5.97. The number of nitrogens with zero attached hydrogens (tertiary/aromatic N) is 1. The molecular weight excluding hydrogens is 268 g/mol. The van der Waals surface area contributed by atoms with Crippen LogP contribution in [0.2, 0.25) is 0 Å². The molecule has 4 heteroatoms. The fourth-order valence-electron chi connectivity index (χ4n) is 1.21. The summed E-state index contributed by atoms with van der Waals surface area (Å²) in [5.41, 5.74) is 6.83. The van der Waals surface area contributed by atoms with Crippen LogP contribution in [-0.2, 0) is 11.2 Å². The highest BCUT2D eigenvalue weighted by Gasteiger charge is 2.13. The minimum absolute atomic E-state index is 0.00657. The molecule has 0 aliphatic heterocycles. The van der Waals surface area contributed by atoms with Crippen molar-refractivity contribution in [1.29, 1.82) is 0 Å². The second-order valence-electron chi connectivity index (χ2n) is 4.86. The quantitative estimate of drug-likeness (QED) is 0.925. The van der Waals surface area contributed by atoms with Crippen LogP contribution in [0.4, 0.5) is 0 Å². The number of nitrogens with two attached hydrogens (primary N) is 1. The molecule has 0 saturated carbocycles. The number of ether oxygens (including phenoxy) is 1. The Morgan fingerprint density at radius 1 is 1.44 bits per heavy atom. The van der Waals surface area contributed by atoms with E-state index in [9.17, 15) is 0 Å². The Morgan fingerprint density at radius 2 is 2.12 bits per heavy atom. The standard InChI is InChI=1S/C12H19BrN2O/c1-12(2,3)16-8-10(14)6-11-5-4-9(13)7-15-11/h4-5,7,10H,6,8,14H2,1-3H3. The van der Waals surface area contributed by atoms with E-state index in [0.29, 0.717) is 6.61 Å². The van der Waals surface area contributed by atoms with Crippen molar-refractivity contribution in [2.24, 2.45) is 5.73 Å². The number of hydrogen-bond donors (Lipinski definition) is 1. The molecule has 3 nitrogen and oxygen atoms in total. The highest BCUT2D eigenvalue weighted by molar-refractivity contribution is 9.10. The van der Waals surface area contributed by atoms with Crippen LogP contribution >= 0.6 is 15.9 Å². The first-order chi connectivity index (χ1) is 7.37. The van der Waals surface area contributed by atoms with Crippen LogP contribution in [-0.4, -0.2) is 23.2 Å². The van der Waals surface area contributed by atoms with Gasteiger partial charge in [0.05, 0.1) is 12.2 Å². The normalized spacial score (nSPS) is 13.8. The lowest BCUT2D eigenvalue weighted by molar-refractivity contribution is -0.00992. The Balaban J connectivity index is 2.39. The lowest BCUT2D eigenvalue weighted by Gasteiger charge is -2.22. The lowest BCUT2D eigenvalue weighted by atomic mass is 10.1. The summed E-state index contributed by atoms with van der Waals surface area (Å²) in [6, 6.07) is 3.94. The average Bonchev–Trinajstić information content (AvgIpc) is 2.18. The first-order valence-electron chi connectivity index (χ1n) is 5.37. The highest BCUT2D eigenvalue weighted by atomic mass is 79.9. The second-order valence-corrected chi connectivity index (χ2v) is 5.77. The summed E-state index contributed by atoms with van der Waals surface area (Å²) in [6.07, 6.45) is 2.52. The van der Waals surface area contributed by atoms with Gasteiger partial charge >= 0.3 is 0 Å². The zero-order valence-electron chi connectivity index (χ0n) is 10.0. The molecule has 0 bridgehead atoms. The number of halogens is 1. The van der Waals surface area contributed by atoms with E-state index in [1.54, 1.807) is 6.20 Å². The fraction of sp³-hybridized carbons (Fsp3) is 0.583. The molecule has 1 unspecified atom stereocenters. The second kappa shape index (κ2) is 5.75. The van der Waals surface area contributed by atoms with E-state index in [0.717, 1.165) is 16.6 Å². The topological polar surface area (TPSA) is 48.1 Å². The summed E-state index contributed by atoms with van der Waals surface area (Å²) in [4.78, 5) is 4.28. The summed E-state index contributed by atoms with van der Waals surface area (Å²) < 4.78 is 6.61. The SMILES string of the molecule is CC(C)(C)OCC(N)Cc1ccc(Br)cn1. The number of hydrogen-bond acceptors (Lipinski definition) is 3. The maximum Gasteiger partial charge on any atom is 0.0628 e. The highest BCUT2D eigenvalue weighted by Crippen LogP contribution is 2.10. The third kappa shape index (κ3) is 5.58. The Bertz CT molecular complexity index is 319. The van der Waals surface area contributed by atoms with Crippen molar-refractivity contribution in [2.75, 3.05) is 6.61 Å². The van der Waals surface area contributed by atoms with Gasteiger partial charge in [0.2, 0.25) is 0 Å². The Morgan fingerprint density at radius 3 is 2.62 bits per heavy atom. The van der Waals surface area contributed by atoms with Crippen LogP contribution in [0.1, 0.15) is 26.5 Å². The van der Waals surface area contributed by atoms with Crippen LogP contribution in [0.15, 0.2) is 22.8 Å². The molecule has 0 aromatic carbocycles. The average molecular weight is 287 g/mol. The molecule has 1 aromatic rings. The Hall–Kier alpha value is -0.450. The molecule has 0 amide bonds. The van der Waals surface area contributed by atoms with Gasteiger partial charge in [-0.15, -0.1) is 0 Å². The summed E-state index contributed by atoms with van der Waals surface area (Å²) in [6.45, 7) is 6.63. The largest absolute Gasteiger partial charge is 0.374 e. The van der Waals surface area contributed by atoms with Crippen molar-refractivity contribution in [1.82, 2.24) is 4.98 Å². The fourth-order valence-corrected chi connectivity index (χ4v) is 1.45. The van der Waals surface area contributed by atoms with Gasteiger partial charge in [-0.3, -0.25) is 4.98 Å². The van der Waals surface area contributed by atoms with E-state index >= 15 is 0 Å². The zero-order valence-corrected chi connectivity index (χ0v) is 11.6. The van der Waals surface area contributed by atoms with E-state index in [1.165, 1.54) is 0 Å². The van der Waals surface area contributed by atoms with Crippen molar-refractivity contribution < 1.29 is 4.74 Å². The predicted molar refractivity (Wildman–Crippen MR) is 69.3 cm³/mol. The van der Waals surface area contributed by atoms with Crippen molar-refractivity contribution >= 4 is 15.9 Å². The van der Waals surface area contributed by atoms with Gasteiger partial charge in [-0.05, 0) is 48.8 Å². The Kier molecular flexibility index (Phi) is 4.89. The summed E-state index contributed by atoms with van der Waals surface area (Å²) in [5, 5.41) is 0. The molecule has 1 rings (SSSR count). The molecule has 1 heterocycles. The molecule has 16 heavy (non-hydrogen) atoms. The van der Waals surface area contributed by atoms with E-state index in [1.807, 2.05) is 32.9 Å². The summed E-state index contributed by atoms with van der Waals surface area (Å²) in [5.74, 6) is 0. The summed E-state index contributed by atoms with van der Waals surface area (Å²) in [7, 11) is 0. The maximum absolute atomic E-state index is 5.97. The van der Waals surface area contributed by atoms with Gasteiger partial charge in [-0.25, -0.2) is 0 Å². The van der Waals surface area contributed by atoms with Crippen LogP contribution in [0, 0.1) is 0 Å². The molecule has 0 spiro atoms. The van der Waals surface area contributed by atoms with Gasteiger partial charge in [0.25, 0.3) is 0 Å². The minimum Gasteiger partial charge on any atom is -0.374 e. The summed E-state index contributed by atoms with van der Waals surface area (Å²) >= 11 is 3.35. The molecule has 0 aliphatic carbocycles. The molecule has 2 N–H and O–H groups in total. The van der Waals surface area contributed by atoms with E-state index in [-0.39, 0.29) is 11.6 Å².